The average molecular weight is 574 g/mol. The molecule has 1 amide bonds. The zero-order valence-electron chi connectivity index (χ0n) is 21.5. The molecule has 2 aliphatic rings. The molecule has 0 atom stereocenters. The van der Waals surface area contributed by atoms with Crippen LogP contribution in [0.5, 0.6) is 0 Å². The number of hydrogen-bond acceptors (Lipinski definition) is 6. The summed E-state index contributed by atoms with van der Waals surface area (Å²) in [6.45, 7) is 3.82. The lowest BCUT2D eigenvalue weighted by Crippen LogP contribution is -2.49. The summed E-state index contributed by atoms with van der Waals surface area (Å²) in [4.78, 5) is 28.4. The van der Waals surface area contributed by atoms with Crippen LogP contribution in [0.2, 0.25) is 0 Å². The van der Waals surface area contributed by atoms with E-state index in [2.05, 4.69) is 10.2 Å². The van der Waals surface area contributed by atoms with Crippen LogP contribution in [0, 0.1) is 10.1 Å². The Morgan fingerprint density at radius 3 is 2.08 bits per heavy atom. The summed E-state index contributed by atoms with van der Waals surface area (Å²) >= 11 is 0. The van der Waals surface area contributed by atoms with Crippen molar-refractivity contribution in [3.63, 3.8) is 0 Å². The predicted molar refractivity (Wildman–Crippen MR) is 136 cm³/mol. The predicted octanol–water partition coefficient (Wildman–Crippen LogP) is 5.25. The molecule has 2 heterocycles. The van der Waals surface area contributed by atoms with E-state index < -0.39 is 34.1 Å². The second-order valence-electron chi connectivity index (χ2n) is 9.91. The molecule has 0 spiro atoms. The highest BCUT2D eigenvalue weighted by molar-refractivity contribution is 5.76. The number of likely N-dealkylation sites (tertiary alicyclic amines) is 1. The highest BCUT2D eigenvalue weighted by atomic mass is 19.4. The number of amides is 1. The molecule has 4 rings (SSSR count). The van der Waals surface area contributed by atoms with Crippen LogP contribution in [0.1, 0.15) is 30.4 Å². The first-order valence-electron chi connectivity index (χ1n) is 12.9. The number of hydrogen-bond donors (Lipinski definition) is 1. The molecule has 218 valence electrons. The normalized spacial score (nSPS) is 17.6. The number of nitrogens with one attached hydrogen (secondary N) is 1. The van der Waals surface area contributed by atoms with Gasteiger partial charge in [0.15, 0.2) is 0 Å². The van der Waals surface area contributed by atoms with Gasteiger partial charge < -0.3 is 20.0 Å². The Hall–Kier alpha value is -3.55. The average Bonchev–Trinajstić information content (AvgIpc) is 2.91. The number of carbonyl (C=O) groups is 1. The second kappa shape index (κ2) is 11.9. The van der Waals surface area contributed by atoms with Crippen molar-refractivity contribution < 1.29 is 36.1 Å². The lowest BCUT2D eigenvalue weighted by Gasteiger charge is -2.37. The standard InChI is InChI=1S/C26H29F6N5O3/c27-25(28,29)18-1-4-21(5-2-18)35-13-15-36(16-14-35)24(38)9-12-34-10-7-19(8-11-34)33-20-3-6-23(37(39)40)22(17-20)26(30,31)32/h1-6,17,19,33H,7-16H2. The van der Waals surface area contributed by atoms with E-state index in [0.717, 1.165) is 24.3 Å². The van der Waals surface area contributed by atoms with Crippen molar-refractivity contribution >= 4 is 23.0 Å². The fourth-order valence-corrected chi connectivity index (χ4v) is 5.04. The molecular formula is C26H29F6N5O3. The zero-order chi connectivity index (χ0) is 29.1. The molecule has 14 heteroatoms. The molecule has 2 aromatic carbocycles. The van der Waals surface area contributed by atoms with Gasteiger partial charge in [-0.1, -0.05) is 0 Å². The molecular weight excluding hydrogens is 544 g/mol. The molecule has 40 heavy (non-hydrogen) atoms. The first kappa shape index (κ1) is 29.4. The van der Waals surface area contributed by atoms with E-state index in [0.29, 0.717) is 70.8 Å². The molecule has 0 saturated carbocycles. The van der Waals surface area contributed by atoms with Crippen molar-refractivity contribution in [3.05, 3.63) is 63.7 Å². The maximum Gasteiger partial charge on any atom is 0.423 e. The Morgan fingerprint density at radius 2 is 1.52 bits per heavy atom. The van der Waals surface area contributed by atoms with Gasteiger partial charge in [-0.15, -0.1) is 0 Å². The maximum atomic E-state index is 13.2. The Morgan fingerprint density at radius 1 is 0.900 bits per heavy atom. The number of piperidine rings is 1. The number of nitro benzene ring substituents is 1. The number of alkyl halides is 6. The molecule has 2 saturated heterocycles. The number of halogens is 6. The van der Waals surface area contributed by atoms with Crippen molar-refractivity contribution in [1.29, 1.82) is 0 Å². The molecule has 2 aliphatic heterocycles. The van der Waals surface area contributed by atoms with Crippen molar-refractivity contribution in [2.75, 3.05) is 56.0 Å². The second-order valence-corrected chi connectivity index (χ2v) is 9.91. The van der Waals surface area contributed by atoms with Crippen molar-refractivity contribution in [3.8, 4) is 0 Å². The van der Waals surface area contributed by atoms with Crippen LogP contribution in [0.15, 0.2) is 42.5 Å². The quantitative estimate of drug-likeness (QED) is 0.277. The van der Waals surface area contributed by atoms with Gasteiger partial charge in [-0.05, 0) is 49.2 Å². The Balaban J connectivity index is 1.19. The molecule has 0 bridgehead atoms. The molecule has 0 unspecified atom stereocenters. The Labute approximate surface area is 226 Å². The van der Waals surface area contributed by atoms with E-state index in [9.17, 15) is 41.3 Å². The van der Waals surface area contributed by atoms with Gasteiger partial charge in [0.2, 0.25) is 5.91 Å². The number of carbonyl (C=O) groups excluding carboxylic acids is 1. The van der Waals surface area contributed by atoms with E-state index in [1.165, 1.54) is 18.2 Å². The van der Waals surface area contributed by atoms with Gasteiger partial charge in [0.05, 0.1) is 10.5 Å². The molecule has 8 nitrogen and oxygen atoms in total. The Bertz CT molecular complexity index is 1190. The molecule has 0 aromatic heterocycles. The van der Waals surface area contributed by atoms with Crippen LogP contribution in [-0.2, 0) is 17.1 Å². The minimum absolute atomic E-state index is 0.00197. The fourth-order valence-electron chi connectivity index (χ4n) is 5.04. The number of benzene rings is 2. The molecule has 1 N–H and O–H groups in total. The molecule has 2 fully saturated rings. The van der Waals surface area contributed by atoms with Gasteiger partial charge in [-0.2, -0.15) is 26.3 Å². The van der Waals surface area contributed by atoms with Gasteiger partial charge in [0, 0.05) is 75.7 Å². The first-order chi connectivity index (χ1) is 18.8. The van der Waals surface area contributed by atoms with Crippen LogP contribution in [-0.4, -0.2) is 72.5 Å². The van der Waals surface area contributed by atoms with Crippen LogP contribution in [0.4, 0.5) is 43.4 Å². The lowest BCUT2D eigenvalue weighted by molar-refractivity contribution is -0.388. The largest absolute Gasteiger partial charge is 0.423 e. The summed E-state index contributed by atoms with van der Waals surface area (Å²) in [5.74, 6) is -0.00197. The number of anilines is 2. The summed E-state index contributed by atoms with van der Waals surface area (Å²) in [6.07, 6.45) is -7.64. The topological polar surface area (TPSA) is 82.0 Å². The third kappa shape index (κ3) is 7.34. The highest BCUT2D eigenvalue weighted by Crippen LogP contribution is 2.38. The van der Waals surface area contributed by atoms with Crippen molar-refractivity contribution in [1.82, 2.24) is 9.80 Å². The smallest absolute Gasteiger partial charge is 0.382 e. The monoisotopic (exact) mass is 573 g/mol. The van der Waals surface area contributed by atoms with E-state index >= 15 is 0 Å². The summed E-state index contributed by atoms with van der Waals surface area (Å²) < 4.78 is 78.1. The lowest BCUT2D eigenvalue weighted by atomic mass is 10.0. The number of rotatable bonds is 7. The number of piperazine rings is 1. The Kier molecular flexibility index (Phi) is 8.76. The summed E-state index contributed by atoms with van der Waals surface area (Å²) in [7, 11) is 0. The van der Waals surface area contributed by atoms with Crippen LogP contribution in [0.3, 0.4) is 0 Å². The van der Waals surface area contributed by atoms with Gasteiger partial charge in [0.1, 0.15) is 5.56 Å². The van der Waals surface area contributed by atoms with E-state index in [-0.39, 0.29) is 17.6 Å². The van der Waals surface area contributed by atoms with E-state index in [1.54, 1.807) is 4.90 Å². The SMILES string of the molecule is O=C(CCN1CCC(Nc2ccc([N+](=O)[O-])c(C(F)(F)F)c2)CC1)N1CCN(c2ccc(C(F)(F)F)cc2)CC1. The maximum absolute atomic E-state index is 13.2. The number of nitrogens with zero attached hydrogens (tertiary/aromatic N) is 4. The molecule has 2 aromatic rings. The molecule has 0 radical (unpaired) electrons. The van der Waals surface area contributed by atoms with Crippen molar-refractivity contribution in [2.24, 2.45) is 0 Å². The van der Waals surface area contributed by atoms with Gasteiger partial charge in [0.25, 0.3) is 5.69 Å². The summed E-state index contributed by atoms with van der Waals surface area (Å²) in [5.41, 5.74) is -2.13. The number of nitro groups is 1. The van der Waals surface area contributed by atoms with Gasteiger partial charge >= 0.3 is 12.4 Å². The first-order valence-corrected chi connectivity index (χ1v) is 12.9. The summed E-state index contributed by atoms with van der Waals surface area (Å²) in [6, 6.07) is 7.78. The van der Waals surface area contributed by atoms with Crippen LogP contribution >= 0.6 is 0 Å². The van der Waals surface area contributed by atoms with Gasteiger partial charge in [-0.25, -0.2) is 0 Å². The molecule has 0 aliphatic carbocycles. The zero-order valence-corrected chi connectivity index (χ0v) is 21.5. The highest BCUT2D eigenvalue weighted by Gasteiger charge is 2.38. The minimum atomic E-state index is -4.84. The van der Waals surface area contributed by atoms with Crippen LogP contribution < -0.4 is 10.2 Å². The minimum Gasteiger partial charge on any atom is -0.382 e. The third-order valence-electron chi connectivity index (χ3n) is 7.29. The van der Waals surface area contributed by atoms with E-state index in [1.807, 2.05) is 4.90 Å². The summed E-state index contributed by atoms with van der Waals surface area (Å²) in [5, 5.41) is 14.0. The van der Waals surface area contributed by atoms with Crippen molar-refractivity contribution in [2.45, 2.75) is 37.7 Å². The fraction of sp³-hybridized carbons (Fsp3) is 0.500. The van der Waals surface area contributed by atoms with Gasteiger partial charge in [-0.3, -0.25) is 14.9 Å². The third-order valence-corrected chi connectivity index (χ3v) is 7.29. The van der Waals surface area contributed by atoms with Crippen LogP contribution in [0.25, 0.3) is 0 Å². The van der Waals surface area contributed by atoms with E-state index in [4.69, 9.17) is 0 Å².